The third-order valence-electron chi connectivity index (χ3n) is 7.51. The van der Waals surface area contributed by atoms with E-state index in [0.29, 0.717) is 12.2 Å². The van der Waals surface area contributed by atoms with Crippen molar-refractivity contribution < 1.29 is 33.4 Å². The number of ether oxygens (including phenoxy) is 2. The van der Waals surface area contributed by atoms with Crippen molar-refractivity contribution in [2.45, 2.75) is 75.7 Å². The number of amides is 2. The van der Waals surface area contributed by atoms with Crippen LogP contribution in [0.1, 0.15) is 55.7 Å². The molecule has 0 spiro atoms. The van der Waals surface area contributed by atoms with Crippen LogP contribution in [0.25, 0.3) is 0 Å². The van der Waals surface area contributed by atoms with E-state index in [1.54, 1.807) is 27.7 Å². The Labute approximate surface area is 267 Å². The van der Waals surface area contributed by atoms with Gasteiger partial charge in [0.15, 0.2) is 5.17 Å². The Hall–Kier alpha value is -3.80. The van der Waals surface area contributed by atoms with E-state index >= 15 is 4.39 Å². The lowest BCUT2D eigenvalue weighted by molar-refractivity contribution is -0.137. The number of halogens is 1. The summed E-state index contributed by atoms with van der Waals surface area (Å²) in [6, 6.07) is 9.61. The second kappa shape index (κ2) is 12.5. The highest BCUT2D eigenvalue weighted by Crippen LogP contribution is 2.66. The standard InChI is InChI=1S/C31H38FN5O6SSi/c1-29(2,3)43-28(41)37(18-42-12-13-45(5,6)7)27-36-30(4,24-15-31(24,44-27)26(39)40)21-14-20(9-10-22(21)32)35-25(38)23-11-8-19(16-33)17-34-23/h8-11,14,17,24H,12-13,15,18H2,1-7H3,(H,35,38)(H,39,40)/t24-,30+,31-/m0/s1. The molecule has 1 aliphatic heterocycles. The van der Waals surface area contributed by atoms with E-state index in [0.717, 1.165) is 17.8 Å². The van der Waals surface area contributed by atoms with Gasteiger partial charge in [0, 0.05) is 38.0 Å². The van der Waals surface area contributed by atoms with Crippen molar-refractivity contribution in [3.63, 3.8) is 0 Å². The van der Waals surface area contributed by atoms with Crippen molar-refractivity contribution in [2.75, 3.05) is 18.7 Å². The zero-order chi connectivity index (χ0) is 33.4. The van der Waals surface area contributed by atoms with Crippen LogP contribution in [-0.2, 0) is 19.8 Å². The van der Waals surface area contributed by atoms with Gasteiger partial charge in [-0.3, -0.25) is 14.6 Å². The van der Waals surface area contributed by atoms with E-state index < -0.39 is 53.7 Å². The first-order chi connectivity index (χ1) is 20.9. The molecule has 4 rings (SSSR count). The van der Waals surface area contributed by atoms with Crippen molar-refractivity contribution in [3.8, 4) is 6.07 Å². The lowest BCUT2D eigenvalue weighted by atomic mass is 9.85. The van der Waals surface area contributed by atoms with Crippen molar-refractivity contribution in [1.82, 2.24) is 9.88 Å². The number of nitrogens with zero attached hydrogens (tertiary/aromatic N) is 4. The summed E-state index contributed by atoms with van der Waals surface area (Å²) in [5, 5.41) is 22.1. The van der Waals surface area contributed by atoms with Crippen LogP contribution in [0.3, 0.4) is 0 Å². The second-order valence-corrected chi connectivity index (χ2v) is 20.5. The van der Waals surface area contributed by atoms with E-state index in [1.807, 2.05) is 6.07 Å². The quantitative estimate of drug-likeness (QED) is 0.186. The first-order valence-corrected chi connectivity index (χ1v) is 19.0. The predicted octanol–water partition coefficient (Wildman–Crippen LogP) is 6.06. The molecule has 14 heteroatoms. The van der Waals surface area contributed by atoms with Gasteiger partial charge in [0.1, 0.15) is 34.7 Å². The Morgan fingerprint density at radius 2 is 1.96 bits per heavy atom. The second-order valence-electron chi connectivity index (χ2n) is 13.5. The van der Waals surface area contributed by atoms with Crippen molar-refractivity contribution in [3.05, 3.63) is 59.2 Å². The number of hydrogen-bond acceptors (Lipinski definition) is 9. The summed E-state index contributed by atoms with van der Waals surface area (Å²) in [5.74, 6) is -2.94. The lowest BCUT2D eigenvalue weighted by Crippen LogP contribution is -2.47. The molecule has 0 radical (unpaired) electrons. The van der Waals surface area contributed by atoms with Crippen molar-refractivity contribution >= 4 is 48.7 Å². The van der Waals surface area contributed by atoms with Gasteiger partial charge in [0.2, 0.25) is 0 Å². The van der Waals surface area contributed by atoms with Gasteiger partial charge in [-0.2, -0.15) is 5.26 Å². The number of rotatable bonds is 9. The first-order valence-electron chi connectivity index (χ1n) is 14.5. The molecule has 0 unspecified atom stereocenters. The molecule has 3 atom stereocenters. The van der Waals surface area contributed by atoms with Gasteiger partial charge in [0.05, 0.1) is 11.1 Å². The molecule has 0 bridgehead atoms. The van der Waals surface area contributed by atoms with Gasteiger partial charge in [-0.15, -0.1) is 0 Å². The zero-order valence-electron chi connectivity index (χ0n) is 26.4. The van der Waals surface area contributed by atoms with Crippen LogP contribution in [-0.4, -0.2) is 69.9 Å². The normalized spacial score (nSPS) is 22.4. The van der Waals surface area contributed by atoms with Crippen LogP contribution in [0, 0.1) is 23.1 Å². The highest BCUT2D eigenvalue weighted by molar-refractivity contribution is 8.15. The smallest absolute Gasteiger partial charge is 0.418 e. The molecule has 1 aromatic heterocycles. The number of aliphatic imine (C=N–C) groups is 1. The van der Waals surface area contributed by atoms with Crippen LogP contribution in [0.15, 0.2) is 41.5 Å². The number of carboxylic acids is 1. The minimum atomic E-state index is -1.44. The third-order valence-corrected chi connectivity index (χ3v) is 10.7. The maximum absolute atomic E-state index is 15.6. The molecule has 2 aliphatic rings. The summed E-state index contributed by atoms with van der Waals surface area (Å²) in [6.45, 7) is 13.5. The molecule has 1 saturated carbocycles. The van der Waals surface area contributed by atoms with Crippen LogP contribution < -0.4 is 5.32 Å². The van der Waals surface area contributed by atoms with Crippen LogP contribution in [0.2, 0.25) is 25.7 Å². The molecule has 1 aliphatic carbocycles. The predicted molar refractivity (Wildman–Crippen MR) is 171 cm³/mol. The monoisotopic (exact) mass is 655 g/mol. The average Bonchev–Trinajstić information content (AvgIpc) is 3.70. The van der Waals surface area contributed by atoms with Crippen molar-refractivity contribution in [2.24, 2.45) is 10.9 Å². The molecule has 240 valence electrons. The molecule has 1 aromatic carbocycles. The van der Waals surface area contributed by atoms with Crippen molar-refractivity contribution in [1.29, 1.82) is 5.26 Å². The number of carbonyl (C=O) groups is 3. The lowest BCUT2D eigenvalue weighted by Gasteiger charge is -2.37. The maximum atomic E-state index is 15.6. The number of anilines is 1. The zero-order valence-corrected chi connectivity index (χ0v) is 28.2. The highest BCUT2D eigenvalue weighted by Gasteiger charge is 2.72. The molecular weight excluding hydrogens is 618 g/mol. The van der Waals surface area contributed by atoms with E-state index in [2.05, 4.69) is 29.9 Å². The van der Waals surface area contributed by atoms with Gasteiger partial charge in [-0.1, -0.05) is 31.4 Å². The van der Waals surface area contributed by atoms with E-state index in [4.69, 9.17) is 19.7 Å². The summed E-state index contributed by atoms with van der Waals surface area (Å²) in [7, 11) is -1.44. The number of fused-ring (bicyclic) bond motifs is 1. The van der Waals surface area contributed by atoms with Crippen LogP contribution >= 0.6 is 11.8 Å². The summed E-state index contributed by atoms with van der Waals surface area (Å²) in [5.41, 5.74) is -1.64. The van der Waals surface area contributed by atoms with E-state index in [9.17, 15) is 19.5 Å². The number of thioether (sulfide) groups is 1. The van der Waals surface area contributed by atoms with Crippen LogP contribution in [0.5, 0.6) is 0 Å². The molecule has 2 heterocycles. The number of nitriles is 1. The van der Waals surface area contributed by atoms with Crippen LogP contribution in [0.4, 0.5) is 14.9 Å². The molecule has 2 aromatic rings. The number of aliphatic carboxylic acids is 1. The SMILES string of the molecule is CC(C)(C)OC(=O)N(COCC[Si](C)(C)C)C1=N[C@](C)(c2cc(NC(=O)c3ccc(C#N)cn3)ccc2F)[C@@H]2C[C@]2(C(=O)O)S1. The number of benzene rings is 1. The Balaban J connectivity index is 1.71. The number of amidine groups is 1. The number of carbonyl (C=O) groups excluding carboxylic acids is 2. The van der Waals surface area contributed by atoms with Gasteiger partial charge >= 0.3 is 12.1 Å². The minimum absolute atomic E-state index is 0.0477. The summed E-state index contributed by atoms with van der Waals surface area (Å²) >= 11 is 0.941. The first kappa shape index (κ1) is 34.1. The largest absolute Gasteiger partial charge is 0.480 e. The number of aromatic nitrogens is 1. The van der Waals surface area contributed by atoms with E-state index in [-0.39, 0.29) is 35.3 Å². The number of nitrogens with one attached hydrogen (secondary N) is 1. The Bertz CT molecular complexity index is 1570. The summed E-state index contributed by atoms with van der Waals surface area (Å²) < 4.78 is 25.8. The fourth-order valence-corrected chi connectivity index (χ4v) is 7.20. The van der Waals surface area contributed by atoms with Gasteiger partial charge < -0.3 is 19.9 Å². The number of carboxylic acid groups (broad SMARTS) is 1. The molecule has 1 fully saturated rings. The molecular formula is C31H38FN5O6SSi. The van der Waals surface area contributed by atoms with Gasteiger partial charge in [-0.25, -0.2) is 19.1 Å². The Kier molecular flexibility index (Phi) is 9.49. The van der Waals surface area contributed by atoms with E-state index in [1.165, 1.54) is 41.4 Å². The van der Waals surface area contributed by atoms with Gasteiger partial charge in [0.25, 0.3) is 5.91 Å². The fraction of sp³-hybridized carbons (Fsp3) is 0.484. The highest BCUT2D eigenvalue weighted by atomic mass is 32.2. The number of pyridine rings is 1. The Morgan fingerprint density at radius 1 is 1.24 bits per heavy atom. The average molecular weight is 656 g/mol. The van der Waals surface area contributed by atoms with Gasteiger partial charge in [-0.05, 0) is 70.5 Å². The number of hydrogen-bond donors (Lipinski definition) is 2. The summed E-state index contributed by atoms with van der Waals surface area (Å²) in [4.78, 5) is 49.0. The molecule has 45 heavy (non-hydrogen) atoms. The minimum Gasteiger partial charge on any atom is -0.480 e. The summed E-state index contributed by atoms with van der Waals surface area (Å²) in [6.07, 6.45) is 0.687. The molecule has 0 saturated heterocycles. The molecule has 2 amide bonds. The Morgan fingerprint density at radius 3 is 2.53 bits per heavy atom. The molecule has 11 nitrogen and oxygen atoms in total. The maximum Gasteiger partial charge on any atom is 0.418 e. The topological polar surface area (TPSA) is 154 Å². The third kappa shape index (κ3) is 7.71. The fourth-order valence-electron chi connectivity index (χ4n) is 4.93. The molecule has 2 N–H and O–H groups in total.